The first kappa shape index (κ1) is 15.9. The van der Waals surface area contributed by atoms with Crippen LogP contribution in [-0.4, -0.2) is 23.9 Å². The fourth-order valence-corrected chi connectivity index (χ4v) is 3.74. The number of nitrogens with zero attached hydrogens (tertiary/aromatic N) is 1. The normalized spacial score (nSPS) is 13.6. The second kappa shape index (κ2) is 5.57. The second-order valence-corrected chi connectivity index (χ2v) is 6.43. The van der Waals surface area contributed by atoms with E-state index in [2.05, 4.69) is 0 Å². The number of aromatic nitrogens is 1. The summed E-state index contributed by atoms with van der Waals surface area (Å²) in [6.45, 7) is 2.36. The number of benzene rings is 2. The number of ether oxygens (including phenoxy) is 3. The Hall–Kier alpha value is -3.35. The summed E-state index contributed by atoms with van der Waals surface area (Å²) < 4.78 is 32.0. The average molecular weight is 367 g/mol. The minimum absolute atomic E-state index is 0.106. The lowest BCUT2D eigenvalue weighted by molar-refractivity contribution is 0.0524. The molecule has 5 rings (SSSR count). The minimum atomic E-state index is -0.713. The molecule has 0 fully saturated rings. The summed E-state index contributed by atoms with van der Waals surface area (Å²) in [4.78, 5) is 25.0. The highest BCUT2D eigenvalue weighted by Crippen LogP contribution is 2.43. The van der Waals surface area contributed by atoms with Crippen LogP contribution in [0.1, 0.15) is 22.8 Å². The maximum atomic E-state index is 14.3. The molecule has 1 aromatic heterocycles. The Balaban J connectivity index is 1.84. The first-order valence-corrected chi connectivity index (χ1v) is 8.53. The molecule has 0 aliphatic carbocycles. The Kier molecular flexibility index (Phi) is 3.28. The molecular weight excluding hydrogens is 353 g/mol. The number of carbonyl (C=O) groups is 1. The number of hydrogen-bond donors (Lipinski definition) is 0. The van der Waals surface area contributed by atoms with Crippen LogP contribution in [0.4, 0.5) is 4.39 Å². The van der Waals surface area contributed by atoms with Crippen molar-refractivity contribution in [1.29, 1.82) is 0 Å². The van der Waals surface area contributed by atoms with Crippen molar-refractivity contribution < 1.29 is 23.4 Å². The van der Waals surface area contributed by atoms with E-state index in [0.29, 0.717) is 29.1 Å². The van der Waals surface area contributed by atoms with Gasteiger partial charge in [0.2, 0.25) is 12.2 Å². The van der Waals surface area contributed by atoms with Crippen molar-refractivity contribution >= 4 is 16.9 Å². The van der Waals surface area contributed by atoms with Gasteiger partial charge in [-0.25, -0.2) is 9.18 Å². The van der Waals surface area contributed by atoms with Gasteiger partial charge >= 0.3 is 5.97 Å². The van der Waals surface area contributed by atoms with Crippen molar-refractivity contribution in [1.82, 2.24) is 4.57 Å². The standard InChI is InChI=1S/C20H14FNO5/c1-2-25-20(24)15-8-22-7-10-3-16-17(27-9-26-16)6-12(10)13-4-11(21)5-14(18(13)22)19(15)23/h3-6,8H,2,7,9H2,1H3. The molecule has 2 aromatic carbocycles. The lowest BCUT2D eigenvalue weighted by Gasteiger charge is -2.24. The predicted octanol–water partition coefficient (Wildman–Crippen LogP) is 3.07. The number of carbonyl (C=O) groups excluding carboxylic acids is 1. The predicted molar refractivity (Wildman–Crippen MR) is 94.8 cm³/mol. The van der Waals surface area contributed by atoms with E-state index in [-0.39, 0.29) is 24.3 Å². The van der Waals surface area contributed by atoms with Gasteiger partial charge in [0.25, 0.3) is 0 Å². The molecule has 0 radical (unpaired) electrons. The summed E-state index contributed by atoms with van der Waals surface area (Å²) >= 11 is 0. The molecule has 7 heteroatoms. The lowest BCUT2D eigenvalue weighted by Crippen LogP contribution is -2.23. The van der Waals surface area contributed by atoms with Crippen LogP contribution in [0.25, 0.3) is 22.0 Å². The van der Waals surface area contributed by atoms with E-state index < -0.39 is 17.2 Å². The molecule has 136 valence electrons. The summed E-state index contributed by atoms with van der Waals surface area (Å²) in [5.74, 6) is -0.0512. The quantitative estimate of drug-likeness (QED) is 0.510. The van der Waals surface area contributed by atoms with Crippen molar-refractivity contribution in [2.24, 2.45) is 0 Å². The van der Waals surface area contributed by atoms with Gasteiger partial charge in [0.1, 0.15) is 11.4 Å². The zero-order chi connectivity index (χ0) is 18.7. The summed E-state index contributed by atoms with van der Waals surface area (Å²) in [5.41, 5.74) is 2.19. The van der Waals surface area contributed by atoms with E-state index in [1.807, 2.05) is 6.07 Å². The van der Waals surface area contributed by atoms with Crippen molar-refractivity contribution in [3.8, 4) is 22.6 Å². The molecule has 0 spiro atoms. The molecule has 0 atom stereocenters. The molecule has 0 bridgehead atoms. The maximum absolute atomic E-state index is 14.3. The van der Waals surface area contributed by atoms with E-state index in [1.165, 1.54) is 18.3 Å². The van der Waals surface area contributed by atoms with Crippen molar-refractivity contribution in [2.75, 3.05) is 13.4 Å². The summed E-state index contributed by atoms with van der Waals surface area (Å²) in [7, 11) is 0. The first-order valence-electron chi connectivity index (χ1n) is 8.53. The number of hydrogen-bond acceptors (Lipinski definition) is 5. The fraction of sp³-hybridized carbons (Fsp3) is 0.200. The fourth-order valence-electron chi connectivity index (χ4n) is 3.74. The molecule has 6 nitrogen and oxygen atoms in total. The van der Waals surface area contributed by atoms with Crippen LogP contribution in [0, 0.1) is 5.82 Å². The monoisotopic (exact) mass is 367 g/mol. The number of halogens is 1. The largest absolute Gasteiger partial charge is 0.462 e. The Labute approximate surface area is 152 Å². The average Bonchev–Trinajstić information content (AvgIpc) is 3.10. The molecule has 3 aromatic rings. The van der Waals surface area contributed by atoms with Gasteiger partial charge in [0.05, 0.1) is 17.5 Å². The van der Waals surface area contributed by atoms with Gasteiger partial charge in [-0.05, 0) is 42.3 Å². The molecule has 2 aliphatic heterocycles. The smallest absolute Gasteiger partial charge is 0.343 e. The molecule has 0 N–H and O–H groups in total. The van der Waals surface area contributed by atoms with Gasteiger partial charge in [-0.15, -0.1) is 0 Å². The van der Waals surface area contributed by atoms with Crippen LogP contribution in [0.5, 0.6) is 11.5 Å². The van der Waals surface area contributed by atoms with Crippen LogP contribution in [0.2, 0.25) is 0 Å². The van der Waals surface area contributed by atoms with Crippen LogP contribution in [0.15, 0.2) is 35.3 Å². The van der Waals surface area contributed by atoms with E-state index in [1.54, 1.807) is 17.6 Å². The Morgan fingerprint density at radius 2 is 1.96 bits per heavy atom. The summed E-state index contributed by atoms with van der Waals surface area (Å²) in [6, 6.07) is 6.21. The zero-order valence-electron chi connectivity index (χ0n) is 14.4. The van der Waals surface area contributed by atoms with E-state index in [9.17, 15) is 14.0 Å². The molecule has 27 heavy (non-hydrogen) atoms. The van der Waals surface area contributed by atoms with Gasteiger partial charge in [0.15, 0.2) is 11.5 Å². The summed E-state index contributed by atoms with van der Waals surface area (Å²) in [6.07, 6.45) is 1.48. The Morgan fingerprint density at radius 3 is 2.74 bits per heavy atom. The Morgan fingerprint density at radius 1 is 1.19 bits per heavy atom. The van der Waals surface area contributed by atoms with E-state index in [4.69, 9.17) is 14.2 Å². The van der Waals surface area contributed by atoms with E-state index in [0.717, 1.165) is 11.1 Å². The molecule has 0 amide bonds. The zero-order valence-corrected chi connectivity index (χ0v) is 14.4. The Bertz CT molecular complexity index is 1200. The molecule has 0 saturated heterocycles. The lowest BCUT2D eigenvalue weighted by atomic mass is 9.92. The number of fused-ring (bicyclic) bond motifs is 3. The highest BCUT2D eigenvalue weighted by Gasteiger charge is 2.26. The number of rotatable bonds is 2. The highest BCUT2D eigenvalue weighted by atomic mass is 19.1. The van der Waals surface area contributed by atoms with Gasteiger partial charge in [-0.2, -0.15) is 0 Å². The molecule has 3 heterocycles. The molecule has 2 aliphatic rings. The van der Waals surface area contributed by atoms with Crippen molar-refractivity contribution in [3.05, 3.63) is 57.6 Å². The third kappa shape index (κ3) is 2.24. The maximum Gasteiger partial charge on any atom is 0.343 e. The molecular formula is C20H14FNO5. The van der Waals surface area contributed by atoms with Gasteiger partial charge < -0.3 is 18.8 Å². The number of esters is 1. The molecule has 0 unspecified atom stereocenters. The second-order valence-electron chi connectivity index (χ2n) is 6.43. The van der Waals surface area contributed by atoms with Gasteiger partial charge in [-0.1, -0.05) is 0 Å². The molecule has 0 saturated carbocycles. The summed E-state index contributed by atoms with van der Waals surface area (Å²) in [5, 5.41) is 0.152. The third-order valence-electron chi connectivity index (χ3n) is 4.86. The number of pyridine rings is 1. The van der Waals surface area contributed by atoms with Crippen LogP contribution < -0.4 is 14.9 Å². The van der Waals surface area contributed by atoms with Crippen LogP contribution in [0.3, 0.4) is 0 Å². The first-order chi connectivity index (χ1) is 13.1. The third-order valence-corrected chi connectivity index (χ3v) is 4.86. The van der Waals surface area contributed by atoms with Crippen molar-refractivity contribution in [2.45, 2.75) is 13.5 Å². The topological polar surface area (TPSA) is 66.8 Å². The van der Waals surface area contributed by atoms with Crippen LogP contribution in [-0.2, 0) is 11.3 Å². The van der Waals surface area contributed by atoms with Crippen molar-refractivity contribution in [3.63, 3.8) is 0 Å². The van der Waals surface area contributed by atoms with Gasteiger partial charge in [-0.3, -0.25) is 4.79 Å². The van der Waals surface area contributed by atoms with E-state index >= 15 is 0 Å². The SMILES string of the molecule is CCOC(=O)c1cn2c3c(cc(F)cc3c1=O)-c1cc3c(cc1C2)OCO3. The van der Waals surface area contributed by atoms with Crippen LogP contribution >= 0.6 is 0 Å². The highest BCUT2D eigenvalue weighted by molar-refractivity contribution is 6.00. The van der Waals surface area contributed by atoms with Gasteiger partial charge in [0, 0.05) is 18.3 Å². The minimum Gasteiger partial charge on any atom is -0.462 e.